The molecule has 6 nitrogen and oxygen atoms in total. The summed E-state index contributed by atoms with van der Waals surface area (Å²) < 4.78 is 1.94. The highest BCUT2D eigenvalue weighted by molar-refractivity contribution is 5.06. The van der Waals surface area contributed by atoms with Crippen molar-refractivity contribution >= 4 is 0 Å². The van der Waals surface area contributed by atoms with Crippen LogP contribution in [0, 0.1) is 6.92 Å². The smallest absolute Gasteiger partial charge is 0.145 e. The summed E-state index contributed by atoms with van der Waals surface area (Å²) >= 11 is 0. The number of nitrogens with one attached hydrogen (secondary N) is 1. The van der Waals surface area contributed by atoms with E-state index in [1.165, 1.54) is 0 Å². The van der Waals surface area contributed by atoms with Crippen molar-refractivity contribution in [3.05, 3.63) is 35.9 Å². The fourth-order valence-corrected chi connectivity index (χ4v) is 2.12. The topological polar surface area (TPSA) is 68.5 Å². The minimum absolute atomic E-state index is 0.0577. The molecule has 2 heterocycles. The van der Waals surface area contributed by atoms with Gasteiger partial charge in [-0.15, -0.1) is 0 Å². The van der Waals surface area contributed by atoms with Crippen LogP contribution in [0.4, 0.5) is 0 Å². The normalized spacial score (nSPS) is 12.8. The zero-order valence-electron chi connectivity index (χ0n) is 12.5. The molecule has 0 aromatic carbocycles. The van der Waals surface area contributed by atoms with E-state index in [1.807, 2.05) is 24.0 Å². The predicted molar refractivity (Wildman–Crippen MR) is 77.3 cm³/mol. The van der Waals surface area contributed by atoms with Gasteiger partial charge >= 0.3 is 0 Å². The molecule has 0 spiro atoms. The van der Waals surface area contributed by atoms with Crippen molar-refractivity contribution in [3.63, 3.8) is 0 Å². The quantitative estimate of drug-likeness (QED) is 0.870. The van der Waals surface area contributed by atoms with E-state index in [0.717, 1.165) is 30.2 Å². The number of nitrogens with zero attached hydrogens (tertiary/aromatic N) is 5. The summed E-state index contributed by atoms with van der Waals surface area (Å²) in [6.45, 7) is 9.12. The van der Waals surface area contributed by atoms with Crippen LogP contribution in [0.5, 0.6) is 0 Å². The SMILES string of the molecule is CCNC(Cc1ncnn1C(C)C)c1ncc(C)cn1. The Labute approximate surface area is 119 Å². The van der Waals surface area contributed by atoms with Crippen LogP contribution in [-0.2, 0) is 6.42 Å². The molecule has 0 aliphatic rings. The zero-order chi connectivity index (χ0) is 14.5. The molecule has 108 valence electrons. The number of aryl methyl sites for hydroxylation is 1. The van der Waals surface area contributed by atoms with Gasteiger partial charge in [0, 0.05) is 24.9 Å². The fourth-order valence-electron chi connectivity index (χ4n) is 2.12. The Balaban J connectivity index is 2.21. The van der Waals surface area contributed by atoms with Gasteiger partial charge in [-0.1, -0.05) is 6.92 Å². The van der Waals surface area contributed by atoms with Crippen LogP contribution in [-0.4, -0.2) is 31.3 Å². The van der Waals surface area contributed by atoms with Crippen LogP contribution >= 0.6 is 0 Å². The van der Waals surface area contributed by atoms with E-state index in [9.17, 15) is 0 Å². The lowest BCUT2D eigenvalue weighted by molar-refractivity contribution is 0.458. The maximum atomic E-state index is 4.42. The molecule has 0 bridgehead atoms. The van der Waals surface area contributed by atoms with Gasteiger partial charge in [-0.2, -0.15) is 5.10 Å². The molecule has 0 aliphatic carbocycles. The first kappa shape index (κ1) is 14.6. The number of hydrogen-bond acceptors (Lipinski definition) is 5. The maximum Gasteiger partial charge on any atom is 0.145 e. The Hall–Kier alpha value is -1.82. The van der Waals surface area contributed by atoms with E-state index in [-0.39, 0.29) is 6.04 Å². The third kappa shape index (κ3) is 3.39. The lowest BCUT2D eigenvalue weighted by atomic mass is 10.1. The van der Waals surface area contributed by atoms with Crippen molar-refractivity contribution in [3.8, 4) is 0 Å². The lowest BCUT2D eigenvalue weighted by Gasteiger charge is -2.17. The fraction of sp³-hybridized carbons (Fsp3) is 0.571. The second-order valence-electron chi connectivity index (χ2n) is 5.15. The summed E-state index contributed by atoms with van der Waals surface area (Å²) in [5.41, 5.74) is 1.06. The van der Waals surface area contributed by atoms with Gasteiger partial charge in [0.25, 0.3) is 0 Å². The Kier molecular flexibility index (Phi) is 4.79. The third-order valence-electron chi connectivity index (χ3n) is 3.09. The van der Waals surface area contributed by atoms with E-state index in [1.54, 1.807) is 6.33 Å². The largest absolute Gasteiger partial charge is 0.307 e. The summed E-state index contributed by atoms with van der Waals surface area (Å²) in [7, 11) is 0. The first-order chi connectivity index (χ1) is 9.61. The summed E-state index contributed by atoms with van der Waals surface area (Å²) in [6.07, 6.45) is 6.03. The molecule has 1 unspecified atom stereocenters. The minimum atomic E-state index is 0.0577. The van der Waals surface area contributed by atoms with Crippen LogP contribution in [0.15, 0.2) is 18.7 Å². The van der Waals surface area contributed by atoms with Crippen LogP contribution in [0.2, 0.25) is 0 Å². The molecule has 2 aromatic rings. The van der Waals surface area contributed by atoms with E-state index in [4.69, 9.17) is 0 Å². The average Bonchev–Trinajstić information content (AvgIpc) is 2.87. The highest BCUT2D eigenvalue weighted by Gasteiger charge is 2.18. The molecular weight excluding hydrogens is 252 g/mol. The van der Waals surface area contributed by atoms with Crippen LogP contribution in [0.25, 0.3) is 0 Å². The molecule has 20 heavy (non-hydrogen) atoms. The van der Waals surface area contributed by atoms with Gasteiger partial charge in [-0.25, -0.2) is 19.6 Å². The zero-order valence-corrected chi connectivity index (χ0v) is 12.5. The predicted octanol–water partition coefficient (Wildman–Crippen LogP) is 1.85. The Morgan fingerprint density at radius 2 is 1.90 bits per heavy atom. The van der Waals surface area contributed by atoms with Crippen molar-refractivity contribution in [1.29, 1.82) is 0 Å². The second-order valence-corrected chi connectivity index (χ2v) is 5.15. The molecule has 0 fully saturated rings. The van der Waals surface area contributed by atoms with Gasteiger partial charge in [0.1, 0.15) is 18.0 Å². The van der Waals surface area contributed by atoms with Crippen molar-refractivity contribution < 1.29 is 0 Å². The molecule has 2 rings (SSSR count). The third-order valence-corrected chi connectivity index (χ3v) is 3.09. The number of aromatic nitrogens is 5. The Morgan fingerprint density at radius 3 is 2.50 bits per heavy atom. The monoisotopic (exact) mass is 274 g/mol. The van der Waals surface area contributed by atoms with Gasteiger partial charge in [-0.3, -0.25) is 0 Å². The van der Waals surface area contributed by atoms with Crippen LogP contribution in [0.3, 0.4) is 0 Å². The van der Waals surface area contributed by atoms with Crippen LogP contribution < -0.4 is 5.32 Å². The average molecular weight is 274 g/mol. The molecule has 1 N–H and O–H groups in total. The van der Waals surface area contributed by atoms with Gasteiger partial charge in [0.15, 0.2) is 0 Å². The van der Waals surface area contributed by atoms with Crippen molar-refractivity contribution in [2.24, 2.45) is 0 Å². The molecule has 0 radical (unpaired) electrons. The van der Waals surface area contributed by atoms with Crippen molar-refractivity contribution in [2.45, 2.75) is 46.2 Å². The summed E-state index contributed by atoms with van der Waals surface area (Å²) in [6, 6.07) is 0.357. The molecule has 6 heteroatoms. The highest BCUT2D eigenvalue weighted by atomic mass is 15.3. The maximum absolute atomic E-state index is 4.42. The molecular formula is C14H22N6. The van der Waals surface area contributed by atoms with E-state index < -0.39 is 0 Å². The molecule has 2 aromatic heterocycles. The molecule has 1 atom stereocenters. The minimum Gasteiger partial charge on any atom is -0.307 e. The molecule has 0 saturated heterocycles. The second kappa shape index (κ2) is 6.56. The number of likely N-dealkylation sites (N-methyl/N-ethyl adjacent to an activating group) is 1. The van der Waals surface area contributed by atoms with Gasteiger partial charge < -0.3 is 5.32 Å². The summed E-state index contributed by atoms with van der Waals surface area (Å²) in [5, 5.41) is 7.69. The molecule has 0 saturated carbocycles. The number of hydrogen-bond donors (Lipinski definition) is 1. The van der Waals surface area contributed by atoms with E-state index in [2.05, 4.69) is 46.1 Å². The van der Waals surface area contributed by atoms with Gasteiger partial charge in [0.2, 0.25) is 0 Å². The molecule has 0 amide bonds. The molecule has 0 aliphatic heterocycles. The standard InChI is InChI=1S/C14H22N6/c1-5-15-12(14-16-7-11(4)8-17-14)6-13-18-9-19-20(13)10(2)3/h7-10,12,15H,5-6H2,1-4H3. The summed E-state index contributed by atoms with van der Waals surface area (Å²) in [5.74, 6) is 1.76. The van der Waals surface area contributed by atoms with Crippen molar-refractivity contribution in [1.82, 2.24) is 30.0 Å². The Bertz CT molecular complexity index is 531. The van der Waals surface area contributed by atoms with Crippen LogP contribution in [0.1, 0.15) is 50.1 Å². The van der Waals surface area contributed by atoms with Gasteiger partial charge in [0.05, 0.1) is 6.04 Å². The number of rotatable bonds is 6. The van der Waals surface area contributed by atoms with Crippen molar-refractivity contribution in [2.75, 3.05) is 6.54 Å². The lowest BCUT2D eigenvalue weighted by Crippen LogP contribution is -2.26. The highest BCUT2D eigenvalue weighted by Crippen LogP contribution is 2.15. The van der Waals surface area contributed by atoms with E-state index >= 15 is 0 Å². The van der Waals surface area contributed by atoms with E-state index in [0.29, 0.717) is 6.04 Å². The first-order valence-electron chi connectivity index (χ1n) is 7.02. The Morgan fingerprint density at radius 1 is 1.20 bits per heavy atom. The van der Waals surface area contributed by atoms with Gasteiger partial charge in [-0.05, 0) is 32.9 Å². The summed E-state index contributed by atoms with van der Waals surface area (Å²) in [4.78, 5) is 13.2. The first-order valence-corrected chi connectivity index (χ1v) is 7.02.